The molecular formula is C18H16N2O7. The first-order valence-corrected chi connectivity index (χ1v) is 8.29. The Kier molecular flexibility index (Phi) is 3.77. The van der Waals surface area contributed by atoms with Gasteiger partial charge in [0, 0.05) is 0 Å². The minimum Gasteiger partial charge on any atom is -0.488 e. The summed E-state index contributed by atoms with van der Waals surface area (Å²) in [5, 5.41) is 9.68. The second-order valence-corrected chi connectivity index (χ2v) is 6.40. The Morgan fingerprint density at radius 3 is 2.26 bits per heavy atom. The number of rotatable bonds is 3. The highest BCUT2D eigenvalue weighted by Crippen LogP contribution is 2.41. The van der Waals surface area contributed by atoms with E-state index in [1.807, 2.05) is 0 Å². The minimum absolute atomic E-state index is 0.0925. The molecule has 0 bridgehead atoms. The highest BCUT2D eigenvalue weighted by Gasteiger charge is 2.63. The van der Waals surface area contributed by atoms with Crippen LogP contribution in [0.1, 0.15) is 27.6 Å². The highest BCUT2D eigenvalue weighted by molar-refractivity contribution is 6.23. The van der Waals surface area contributed by atoms with Gasteiger partial charge in [-0.25, -0.2) is 4.79 Å². The number of aliphatic hydroxyl groups is 1. The quantitative estimate of drug-likeness (QED) is 0.439. The first-order valence-electron chi connectivity index (χ1n) is 8.29. The molecule has 1 saturated heterocycles. The van der Waals surface area contributed by atoms with E-state index in [1.54, 1.807) is 12.1 Å². The van der Waals surface area contributed by atoms with Crippen LogP contribution in [0.3, 0.4) is 0 Å². The zero-order chi connectivity index (χ0) is 19.5. The molecule has 0 spiro atoms. The van der Waals surface area contributed by atoms with E-state index in [9.17, 15) is 24.3 Å². The lowest BCUT2D eigenvalue weighted by Crippen LogP contribution is -2.76. The summed E-state index contributed by atoms with van der Waals surface area (Å²) < 4.78 is 10.3. The van der Waals surface area contributed by atoms with Gasteiger partial charge in [0.2, 0.25) is 0 Å². The second kappa shape index (κ2) is 5.92. The Bertz CT molecular complexity index is 887. The van der Waals surface area contributed by atoms with Crippen molar-refractivity contribution in [2.45, 2.75) is 25.1 Å². The number of hydrogen-bond acceptors (Lipinski definition) is 7. The molecule has 140 valence electrons. The number of imide groups is 1. The number of carbonyl (C=O) groups is 4. The smallest absolute Gasteiger partial charge is 0.358 e. The van der Waals surface area contributed by atoms with Crippen LogP contribution in [0.5, 0.6) is 0 Å². The van der Waals surface area contributed by atoms with Gasteiger partial charge in [-0.1, -0.05) is 12.1 Å². The molecule has 9 nitrogen and oxygen atoms in total. The van der Waals surface area contributed by atoms with Crippen molar-refractivity contribution in [3.05, 3.63) is 46.8 Å². The third kappa shape index (κ3) is 2.15. The van der Waals surface area contributed by atoms with E-state index in [4.69, 9.17) is 9.47 Å². The number of fused-ring (bicyclic) bond motifs is 2. The molecule has 0 aliphatic carbocycles. The summed E-state index contributed by atoms with van der Waals surface area (Å²) in [5.74, 6) is -2.42. The molecule has 1 aromatic carbocycles. The zero-order valence-electron chi connectivity index (χ0n) is 14.5. The zero-order valence-corrected chi connectivity index (χ0v) is 14.5. The Morgan fingerprint density at radius 2 is 1.74 bits per heavy atom. The number of β-lactam (4-membered cyclic amide) rings is 1. The minimum atomic E-state index is -1.16. The molecule has 1 N–H and O–H groups in total. The summed E-state index contributed by atoms with van der Waals surface area (Å²) in [6, 6.07) is 4.25. The van der Waals surface area contributed by atoms with E-state index < -0.39 is 48.5 Å². The maximum atomic E-state index is 12.9. The molecule has 3 aliphatic rings. The van der Waals surface area contributed by atoms with Gasteiger partial charge in [-0.3, -0.25) is 24.2 Å². The lowest BCUT2D eigenvalue weighted by atomic mass is 9.86. The lowest BCUT2D eigenvalue weighted by molar-refractivity contribution is -0.172. The Labute approximate surface area is 153 Å². The van der Waals surface area contributed by atoms with Crippen molar-refractivity contribution in [1.29, 1.82) is 0 Å². The SMILES string of the molecule is COC(=O)C1=C(C)O[C@@H](CO)[C@@H]2[C@H](N3C(=O)c4ccccc4C3=O)C(=O)N12. The van der Waals surface area contributed by atoms with Crippen LogP contribution >= 0.6 is 0 Å². The third-order valence-corrected chi connectivity index (χ3v) is 5.06. The molecule has 3 heterocycles. The molecule has 0 aromatic heterocycles. The van der Waals surface area contributed by atoms with Gasteiger partial charge in [-0.05, 0) is 19.1 Å². The van der Waals surface area contributed by atoms with Crippen LogP contribution in [0.4, 0.5) is 0 Å². The van der Waals surface area contributed by atoms with Crippen molar-refractivity contribution in [1.82, 2.24) is 9.80 Å². The lowest BCUT2D eigenvalue weighted by Gasteiger charge is -2.54. The van der Waals surface area contributed by atoms with E-state index in [-0.39, 0.29) is 22.6 Å². The summed E-state index contributed by atoms with van der Waals surface area (Å²) in [4.78, 5) is 52.4. The molecular weight excluding hydrogens is 356 g/mol. The molecule has 3 amide bonds. The van der Waals surface area contributed by atoms with Crippen LogP contribution in [0.15, 0.2) is 35.7 Å². The molecule has 9 heteroatoms. The first-order chi connectivity index (χ1) is 12.9. The average molecular weight is 372 g/mol. The number of aliphatic hydroxyl groups excluding tert-OH is 1. The molecule has 1 fully saturated rings. The molecule has 0 radical (unpaired) electrons. The van der Waals surface area contributed by atoms with Crippen molar-refractivity contribution >= 4 is 23.7 Å². The van der Waals surface area contributed by atoms with Crippen molar-refractivity contribution in [2.24, 2.45) is 0 Å². The monoisotopic (exact) mass is 372 g/mol. The molecule has 3 atom stereocenters. The molecule has 0 unspecified atom stereocenters. The fourth-order valence-corrected chi connectivity index (χ4v) is 3.85. The number of hydrogen-bond donors (Lipinski definition) is 1. The van der Waals surface area contributed by atoms with Crippen molar-refractivity contribution < 1.29 is 33.8 Å². The normalized spacial score (nSPS) is 26.5. The van der Waals surface area contributed by atoms with Gasteiger partial charge in [0.05, 0.1) is 24.8 Å². The van der Waals surface area contributed by atoms with Crippen LogP contribution in [-0.2, 0) is 19.1 Å². The number of esters is 1. The van der Waals surface area contributed by atoms with Crippen molar-refractivity contribution in [2.75, 3.05) is 13.7 Å². The maximum Gasteiger partial charge on any atom is 0.358 e. The Morgan fingerprint density at radius 1 is 1.15 bits per heavy atom. The molecule has 4 rings (SSSR count). The van der Waals surface area contributed by atoms with Gasteiger partial charge < -0.3 is 14.6 Å². The van der Waals surface area contributed by atoms with Crippen molar-refractivity contribution in [3.8, 4) is 0 Å². The van der Waals surface area contributed by atoms with Gasteiger partial charge >= 0.3 is 5.97 Å². The van der Waals surface area contributed by atoms with Gasteiger partial charge in [-0.2, -0.15) is 0 Å². The highest BCUT2D eigenvalue weighted by atomic mass is 16.5. The van der Waals surface area contributed by atoms with E-state index >= 15 is 0 Å². The van der Waals surface area contributed by atoms with Gasteiger partial charge in [0.15, 0.2) is 5.70 Å². The van der Waals surface area contributed by atoms with Crippen LogP contribution in [0.25, 0.3) is 0 Å². The number of allylic oxidation sites excluding steroid dienone is 1. The van der Waals surface area contributed by atoms with Gasteiger partial charge in [0.1, 0.15) is 23.9 Å². The number of ether oxygens (including phenoxy) is 2. The fourth-order valence-electron chi connectivity index (χ4n) is 3.85. The first kappa shape index (κ1) is 17.2. The average Bonchev–Trinajstić information content (AvgIpc) is 2.92. The Balaban J connectivity index is 1.74. The predicted molar refractivity (Wildman–Crippen MR) is 88.0 cm³/mol. The summed E-state index contributed by atoms with van der Waals surface area (Å²) in [6.07, 6.45) is -0.884. The fraction of sp³-hybridized carbons (Fsp3) is 0.333. The number of carbonyl (C=O) groups excluding carboxylic acids is 4. The topological polar surface area (TPSA) is 113 Å². The van der Waals surface area contributed by atoms with Crippen LogP contribution in [0.2, 0.25) is 0 Å². The van der Waals surface area contributed by atoms with E-state index in [2.05, 4.69) is 0 Å². The Hall–Kier alpha value is -3.20. The molecule has 1 aromatic rings. The third-order valence-electron chi connectivity index (χ3n) is 5.06. The van der Waals surface area contributed by atoms with E-state index in [0.717, 1.165) is 9.80 Å². The maximum absolute atomic E-state index is 12.9. The summed E-state index contributed by atoms with van der Waals surface area (Å²) in [5.41, 5.74) is 0.335. The van der Waals surface area contributed by atoms with Crippen LogP contribution in [0, 0.1) is 0 Å². The number of benzene rings is 1. The largest absolute Gasteiger partial charge is 0.488 e. The molecule has 3 aliphatic heterocycles. The number of nitrogens with zero attached hydrogens (tertiary/aromatic N) is 2. The summed E-state index contributed by atoms with van der Waals surface area (Å²) in [6.45, 7) is 1.02. The van der Waals surface area contributed by atoms with Gasteiger partial charge in [0.25, 0.3) is 17.7 Å². The van der Waals surface area contributed by atoms with E-state index in [1.165, 1.54) is 26.2 Å². The summed E-state index contributed by atoms with van der Waals surface area (Å²) >= 11 is 0. The van der Waals surface area contributed by atoms with Crippen LogP contribution < -0.4 is 0 Å². The summed E-state index contributed by atoms with van der Waals surface area (Å²) in [7, 11) is 1.17. The van der Waals surface area contributed by atoms with E-state index in [0.29, 0.717) is 0 Å². The second-order valence-electron chi connectivity index (χ2n) is 6.40. The number of methoxy groups -OCH3 is 1. The van der Waals surface area contributed by atoms with Crippen LogP contribution in [-0.4, -0.2) is 70.5 Å². The standard InChI is InChI=1S/C18H16N2O7/c1-8-12(18(25)26-2)19-13(11(7-21)27-8)14(17(19)24)20-15(22)9-5-3-4-6-10(9)16(20)23/h3-6,11,13-14,21H,7H2,1-2H3/t11-,13+,14-/m0/s1. The molecule has 0 saturated carbocycles. The molecule has 27 heavy (non-hydrogen) atoms. The number of amides is 3. The predicted octanol–water partition coefficient (Wildman–Crippen LogP) is -0.342. The van der Waals surface area contributed by atoms with Gasteiger partial charge in [-0.15, -0.1) is 0 Å². The van der Waals surface area contributed by atoms with Crippen molar-refractivity contribution in [3.63, 3.8) is 0 Å².